The molecule has 0 aliphatic carbocycles. The Hall–Kier alpha value is -1.42. The lowest BCUT2D eigenvalue weighted by Gasteiger charge is -2.38. The summed E-state index contributed by atoms with van der Waals surface area (Å²) in [6, 6.07) is 3.38. The highest BCUT2D eigenvalue weighted by atomic mass is 19.4. The van der Waals surface area contributed by atoms with Crippen molar-refractivity contribution < 1.29 is 37.2 Å². The van der Waals surface area contributed by atoms with Crippen LogP contribution in [-0.4, -0.2) is 53.0 Å². The van der Waals surface area contributed by atoms with Crippen molar-refractivity contribution in [3.05, 3.63) is 23.9 Å². The average molecular weight is 363 g/mol. The first-order valence-electron chi connectivity index (χ1n) is 7.93. The molecule has 0 radical (unpaired) electrons. The average Bonchev–Trinajstić information content (AvgIpc) is 2.85. The molecular formula is C16H20F3NO5. The molecule has 9 heteroatoms. The number of aromatic nitrogens is 1. The maximum absolute atomic E-state index is 12.7. The van der Waals surface area contributed by atoms with E-state index in [0.717, 1.165) is 6.07 Å². The molecule has 0 bridgehead atoms. The standard InChI is InChI=1S/C16H20F3NO5/c1-8-13-14(25-15(2,3)24-13)12(21)9(23-8)7-22-11-6-4-5-10(20-11)16(17,18)19/h4-6,8-9,12-14,21H,7H2,1-3H3/t8-,9-,12+,13+,14-/m1/s1. The normalized spacial score (nSPS) is 34.6. The van der Waals surface area contributed by atoms with Gasteiger partial charge >= 0.3 is 6.18 Å². The summed E-state index contributed by atoms with van der Waals surface area (Å²) < 4.78 is 60.5. The van der Waals surface area contributed by atoms with E-state index in [1.807, 2.05) is 0 Å². The molecule has 0 amide bonds. The van der Waals surface area contributed by atoms with Crippen LogP contribution in [0.4, 0.5) is 13.2 Å². The fourth-order valence-electron chi connectivity index (χ4n) is 3.05. The van der Waals surface area contributed by atoms with E-state index in [1.54, 1.807) is 20.8 Å². The summed E-state index contributed by atoms with van der Waals surface area (Å²) in [6.07, 6.45) is -7.74. The number of ether oxygens (including phenoxy) is 4. The molecule has 1 aromatic heterocycles. The molecule has 0 spiro atoms. The summed E-state index contributed by atoms with van der Waals surface area (Å²) in [5, 5.41) is 10.4. The number of alkyl halides is 3. The van der Waals surface area contributed by atoms with Crippen LogP contribution in [0.2, 0.25) is 0 Å². The van der Waals surface area contributed by atoms with Gasteiger partial charge in [-0.05, 0) is 26.8 Å². The zero-order valence-electron chi connectivity index (χ0n) is 14.0. The molecule has 1 N–H and O–H groups in total. The lowest BCUT2D eigenvalue weighted by molar-refractivity contribution is -0.189. The zero-order chi connectivity index (χ0) is 18.4. The Labute approximate surface area is 142 Å². The Bertz CT molecular complexity index is 624. The van der Waals surface area contributed by atoms with Gasteiger partial charge in [0.05, 0.1) is 6.10 Å². The summed E-state index contributed by atoms with van der Waals surface area (Å²) in [5.41, 5.74) is -1.04. The first kappa shape index (κ1) is 18.4. The molecule has 3 heterocycles. The molecule has 3 rings (SSSR count). The highest BCUT2D eigenvalue weighted by Crippen LogP contribution is 2.37. The Balaban J connectivity index is 1.66. The minimum Gasteiger partial charge on any atom is -0.475 e. The Morgan fingerprint density at radius 3 is 2.60 bits per heavy atom. The Kier molecular flexibility index (Phi) is 4.69. The fourth-order valence-corrected chi connectivity index (χ4v) is 3.05. The summed E-state index contributed by atoms with van der Waals surface area (Å²) in [5.74, 6) is -1.03. The first-order chi connectivity index (χ1) is 11.6. The van der Waals surface area contributed by atoms with Gasteiger partial charge in [0.2, 0.25) is 5.88 Å². The summed E-state index contributed by atoms with van der Waals surface area (Å²) >= 11 is 0. The quantitative estimate of drug-likeness (QED) is 0.888. The Morgan fingerprint density at radius 1 is 1.24 bits per heavy atom. The van der Waals surface area contributed by atoms with Crippen LogP contribution in [0.1, 0.15) is 26.5 Å². The highest BCUT2D eigenvalue weighted by molar-refractivity contribution is 5.17. The van der Waals surface area contributed by atoms with E-state index in [2.05, 4.69) is 4.98 Å². The van der Waals surface area contributed by atoms with Crippen molar-refractivity contribution in [1.29, 1.82) is 0 Å². The second-order valence-corrected chi connectivity index (χ2v) is 6.60. The van der Waals surface area contributed by atoms with Gasteiger partial charge in [-0.25, -0.2) is 4.98 Å². The number of aliphatic hydroxyl groups excluding tert-OH is 1. The molecule has 2 aliphatic rings. The van der Waals surface area contributed by atoms with Gasteiger partial charge in [-0.1, -0.05) is 6.07 Å². The molecule has 0 aromatic carbocycles. The largest absolute Gasteiger partial charge is 0.475 e. The molecule has 2 saturated heterocycles. The molecule has 140 valence electrons. The van der Waals surface area contributed by atoms with Crippen LogP contribution in [0.15, 0.2) is 18.2 Å². The number of pyridine rings is 1. The highest BCUT2D eigenvalue weighted by Gasteiger charge is 2.53. The summed E-state index contributed by atoms with van der Waals surface area (Å²) in [6.45, 7) is 5.10. The lowest BCUT2D eigenvalue weighted by Crippen LogP contribution is -2.56. The van der Waals surface area contributed by atoms with E-state index in [-0.39, 0.29) is 18.6 Å². The van der Waals surface area contributed by atoms with E-state index in [9.17, 15) is 18.3 Å². The summed E-state index contributed by atoms with van der Waals surface area (Å²) in [7, 11) is 0. The van der Waals surface area contributed by atoms with Gasteiger partial charge < -0.3 is 24.1 Å². The van der Waals surface area contributed by atoms with Crippen molar-refractivity contribution in [2.75, 3.05) is 6.61 Å². The van der Waals surface area contributed by atoms with Gasteiger partial charge in [0, 0.05) is 6.07 Å². The van der Waals surface area contributed by atoms with Crippen molar-refractivity contribution in [3.63, 3.8) is 0 Å². The number of halogens is 3. The predicted molar refractivity (Wildman–Crippen MR) is 78.9 cm³/mol. The molecule has 2 aliphatic heterocycles. The second kappa shape index (κ2) is 6.39. The molecule has 0 saturated carbocycles. The minimum absolute atomic E-state index is 0.160. The van der Waals surface area contributed by atoms with Gasteiger partial charge in [0.15, 0.2) is 5.79 Å². The fraction of sp³-hybridized carbons (Fsp3) is 0.688. The minimum atomic E-state index is -4.55. The zero-order valence-corrected chi connectivity index (χ0v) is 14.0. The van der Waals surface area contributed by atoms with Crippen LogP contribution in [0, 0.1) is 0 Å². The second-order valence-electron chi connectivity index (χ2n) is 6.60. The topological polar surface area (TPSA) is 70.0 Å². The van der Waals surface area contributed by atoms with Crippen molar-refractivity contribution in [3.8, 4) is 5.88 Å². The number of fused-ring (bicyclic) bond motifs is 1. The molecule has 1 aromatic rings. The number of nitrogens with zero attached hydrogens (tertiary/aromatic N) is 1. The third-order valence-electron chi connectivity index (χ3n) is 4.14. The van der Waals surface area contributed by atoms with Crippen LogP contribution in [-0.2, 0) is 20.4 Å². The van der Waals surface area contributed by atoms with Crippen LogP contribution in [0.5, 0.6) is 5.88 Å². The maximum Gasteiger partial charge on any atom is 0.433 e. The van der Waals surface area contributed by atoms with Crippen LogP contribution in [0.3, 0.4) is 0 Å². The van der Waals surface area contributed by atoms with Gasteiger partial charge in [0.25, 0.3) is 0 Å². The molecule has 25 heavy (non-hydrogen) atoms. The van der Waals surface area contributed by atoms with E-state index in [0.29, 0.717) is 0 Å². The SMILES string of the molecule is C[C@H]1O[C@H](COc2cccc(C(F)(F)F)n2)[C@H](O)[C@H]2OC(C)(C)O[C@H]21. The van der Waals surface area contributed by atoms with Crippen molar-refractivity contribution in [2.45, 2.75) is 63.3 Å². The van der Waals surface area contributed by atoms with E-state index < -0.39 is 42.1 Å². The Morgan fingerprint density at radius 2 is 1.92 bits per heavy atom. The van der Waals surface area contributed by atoms with Crippen LogP contribution in [0.25, 0.3) is 0 Å². The first-order valence-corrected chi connectivity index (χ1v) is 7.93. The van der Waals surface area contributed by atoms with Crippen molar-refractivity contribution in [1.82, 2.24) is 4.98 Å². The smallest absolute Gasteiger partial charge is 0.433 e. The molecule has 2 fully saturated rings. The third-order valence-corrected chi connectivity index (χ3v) is 4.14. The maximum atomic E-state index is 12.7. The van der Waals surface area contributed by atoms with E-state index in [1.165, 1.54) is 12.1 Å². The van der Waals surface area contributed by atoms with Gasteiger partial charge in [-0.15, -0.1) is 0 Å². The van der Waals surface area contributed by atoms with Gasteiger partial charge in [-0.3, -0.25) is 0 Å². The van der Waals surface area contributed by atoms with Crippen LogP contribution >= 0.6 is 0 Å². The third kappa shape index (κ3) is 3.89. The monoisotopic (exact) mass is 363 g/mol. The number of aliphatic hydroxyl groups is 1. The molecular weight excluding hydrogens is 343 g/mol. The van der Waals surface area contributed by atoms with Crippen molar-refractivity contribution >= 4 is 0 Å². The number of hydrogen-bond donors (Lipinski definition) is 1. The lowest BCUT2D eigenvalue weighted by atomic mass is 9.96. The number of hydrogen-bond acceptors (Lipinski definition) is 6. The van der Waals surface area contributed by atoms with Gasteiger partial charge in [-0.2, -0.15) is 13.2 Å². The van der Waals surface area contributed by atoms with Gasteiger partial charge in [0.1, 0.15) is 36.7 Å². The van der Waals surface area contributed by atoms with E-state index in [4.69, 9.17) is 18.9 Å². The summed E-state index contributed by atoms with van der Waals surface area (Å²) in [4.78, 5) is 3.42. The predicted octanol–water partition coefficient (Wildman–Crippen LogP) is 2.15. The van der Waals surface area contributed by atoms with Crippen molar-refractivity contribution in [2.24, 2.45) is 0 Å². The number of rotatable bonds is 3. The molecule has 0 unspecified atom stereocenters. The van der Waals surface area contributed by atoms with Crippen LogP contribution < -0.4 is 4.74 Å². The molecule has 6 nitrogen and oxygen atoms in total. The molecule has 5 atom stereocenters. The van der Waals surface area contributed by atoms with E-state index >= 15 is 0 Å².